The van der Waals surface area contributed by atoms with E-state index in [0.29, 0.717) is 30.3 Å². The number of hydrogen-bond acceptors (Lipinski definition) is 4. The average Bonchev–Trinajstić information content (AvgIpc) is 2.81. The first-order valence-electron chi connectivity index (χ1n) is 6.20. The maximum Gasteiger partial charge on any atom is 0.221 e. The van der Waals surface area contributed by atoms with Crippen LogP contribution in [0, 0.1) is 0 Å². The molecule has 1 aliphatic rings. The van der Waals surface area contributed by atoms with E-state index in [9.17, 15) is 9.90 Å². The minimum atomic E-state index is -0.619. The highest BCUT2D eigenvalue weighted by Gasteiger charge is 2.21. The lowest BCUT2D eigenvalue weighted by Crippen LogP contribution is -2.39. The lowest BCUT2D eigenvalue weighted by Gasteiger charge is -2.15. The molecule has 0 spiro atoms. The van der Waals surface area contributed by atoms with E-state index < -0.39 is 6.10 Å². The molecule has 2 unspecified atom stereocenters. The number of aliphatic hydroxyl groups excluding tert-OH is 1. The zero-order valence-corrected chi connectivity index (χ0v) is 11.2. The molecule has 2 rings (SSSR count). The molecule has 1 aliphatic heterocycles. The van der Waals surface area contributed by atoms with Gasteiger partial charge in [-0.15, -0.1) is 0 Å². The molecule has 0 radical (unpaired) electrons. The van der Waals surface area contributed by atoms with E-state index in [1.807, 2.05) is 0 Å². The predicted molar refractivity (Wildman–Crippen MR) is 72.4 cm³/mol. The number of amides is 1. The second-order valence-corrected chi connectivity index (χ2v) is 4.97. The molecule has 104 valence electrons. The number of carbonyl (C=O) groups excluding carboxylic acids is 1. The fourth-order valence-electron chi connectivity index (χ4n) is 1.83. The number of carbonyl (C=O) groups is 1. The van der Waals surface area contributed by atoms with Crippen LogP contribution in [0.4, 0.5) is 0 Å². The van der Waals surface area contributed by atoms with Crippen molar-refractivity contribution in [3.63, 3.8) is 0 Å². The summed E-state index contributed by atoms with van der Waals surface area (Å²) in [5, 5.41) is 16.3. The SMILES string of the molecule is O=C1CC(NCC(O)COc2ccc(Cl)cc2)CN1. The molecular formula is C13H17ClN2O3. The molecule has 1 amide bonds. The summed E-state index contributed by atoms with van der Waals surface area (Å²) in [4.78, 5) is 11.0. The Hall–Kier alpha value is -1.30. The predicted octanol–water partition coefficient (Wildman–Crippen LogP) is 0.558. The third-order valence-electron chi connectivity index (χ3n) is 2.88. The Morgan fingerprint density at radius 3 is 2.84 bits per heavy atom. The van der Waals surface area contributed by atoms with Crippen LogP contribution in [0.25, 0.3) is 0 Å². The first-order valence-corrected chi connectivity index (χ1v) is 6.58. The van der Waals surface area contributed by atoms with Crippen LogP contribution in [0.15, 0.2) is 24.3 Å². The van der Waals surface area contributed by atoms with Crippen LogP contribution in [0.5, 0.6) is 5.75 Å². The molecule has 1 heterocycles. The van der Waals surface area contributed by atoms with Gasteiger partial charge in [0, 0.05) is 30.6 Å². The monoisotopic (exact) mass is 284 g/mol. The Balaban J connectivity index is 1.65. The second-order valence-electron chi connectivity index (χ2n) is 4.53. The van der Waals surface area contributed by atoms with E-state index in [2.05, 4.69) is 10.6 Å². The number of nitrogens with one attached hydrogen (secondary N) is 2. The third-order valence-corrected chi connectivity index (χ3v) is 3.13. The van der Waals surface area contributed by atoms with Gasteiger partial charge in [-0.2, -0.15) is 0 Å². The van der Waals surface area contributed by atoms with Crippen LogP contribution in [0.1, 0.15) is 6.42 Å². The highest BCUT2D eigenvalue weighted by molar-refractivity contribution is 6.30. The number of hydrogen-bond donors (Lipinski definition) is 3. The molecule has 3 N–H and O–H groups in total. The first kappa shape index (κ1) is 14.1. The smallest absolute Gasteiger partial charge is 0.221 e. The lowest BCUT2D eigenvalue weighted by atomic mass is 10.2. The molecular weight excluding hydrogens is 268 g/mol. The van der Waals surface area contributed by atoms with Crippen LogP contribution in [0.2, 0.25) is 5.02 Å². The fraction of sp³-hybridized carbons (Fsp3) is 0.462. The first-order chi connectivity index (χ1) is 9.13. The van der Waals surface area contributed by atoms with Crippen molar-refractivity contribution >= 4 is 17.5 Å². The van der Waals surface area contributed by atoms with Crippen LogP contribution in [-0.2, 0) is 4.79 Å². The normalized spacial score (nSPS) is 20.1. The molecule has 1 fully saturated rings. The molecule has 0 saturated carbocycles. The van der Waals surface area contributed by atoms with Crippen molar-refractivity contribution in [3.05, 3.63) is 29.3 Å². The highest BCUT2D eigenvalue weighted by Crippen LogP contribution is 2.15. The third kappa shape index (κ3) is 4.70. The Kier molecular flexibility index (Phi) is 5.01. The van der Waals surface area contributed by atoms with Gasteiger partial charge < -0.3 is 20.5 Å². The van der Waals surface area contributed by atoms with Gasteiger partial charge in [-0.3, -0.25) is 4.79 Å². The van der Waals surface area contributed by atoms with Crippen molar-refractivity contribution in [2.24, 2.45) is 0 Å². The summed E-state index contributed by atoms with van der Waals surface area (Å²) in [5.74, 6) is 0.713. The Morgan fingerprint density at radius 2 is 2.21 bits per heavy atom. The van der Waals surface area contributed by atoms with Gasteiger partial charge in [0.15, 0.2) is 0 Å². The minimum Gasteiger partial charge on any atom is -0.491 e. The van der Waals surface area contributed by atoms with E-state index in [4.69, 9.17) is 16.3 Å². The molecule has 19 heavy (non-hydrogen) atoms. The summed E-state index contributed by atoms with van der Waals surface area (Å²) in [6.07, 6.45) is -0.156. The number of halogens is 1. The second kappa shape index (κ2) is 6.75. The maximum absolute atomic E-state index is 11.0. The van der Waals surface area contributed by atoms with Crippen molar-refractivity contribution < 1.29 is 14.6 Å². The Bertz CT molecular complexity index is 424. The summed E-state index contributed by atoms with van der Waals surface area (Å²) in [5.41, 5.74) is 0. The van der Waals surface area contributed by atoms with Gasteiger partial charge >= 0.3 is 0 Å². The van der Waals surface area contributed by atoms with Gasteiger partial charge in [0.05, 0.1) is 0 Å². The van der Waals surface area contributed by atoms with Gasteiger partial charge in [0.1, 0.15) is 18.5 Å². The summed E-state index contributed by atoms with van der Waals surface area (Å²) < 4.78 is 5.43. The van der Waals surface area contributed by atoms with E-state index >= 15 is 0 Å². The fourth-order valence-corrected chi connectivity index (χ4v) is 1.96. The molecule has 5 nitrogen and oxygen atoms in total. The standard InChI is InChI=1S/C13H17ClN2O3/c14-9-1-3-12(4-2-9)19-8-11(17)7-15-10-5-13(18)16-6-10/h1-4,10-11,15,17H,5-8H2,(H,16,18). The summed E-state index contributed by atoms with van der Waals surface area (Å²) in [6.45, 7) is 1.21. The lowest BCUT2D eigenvalue weighted by molar-refractivity contribution is -0.119. The molecule has 1 aromatic carbocycles. The number of rotatable bonds is 6. The topological polar surface area (TPSA) is 70.6 Å². The maximum atomic E-state index is 11.0. The van der Waals surface area contributed by atoms with E-state index in [1.54, 1.807) is 24.3 Å². The zero-order valence-electron chi connectivity index (χ0n) is 10.4. The minimum absolute atomic E-state index is 0.0457. The van der Waals surface area contributed by atoms with Crippen molar-refractivity contribution in [1.82, 2.24) is 10.6 Å². The van der Waals surface area contributed by atoms with Crippen molar-refractivity contribution in [2.75, 3.05) is 19.7 Å². The summed E-state index contributed by atoms with van der Waals surface area (Å²) in [7, 11) is 0. The molecule has 0 bridgehead atoms. The Morgan fingerprint density at radius 1 is 1.47 bits per heavy atom. The largest absolute Gasteiger partial charge is 0.491 e. The van der Waals surface area contributed by atoms with Crippen LogP contribution >= 0.6 is 11.6 Å². The average molecular weight is 285 g/mol. The van der Waals surface area contributed by atoms with E-state index in [0.717, 1.165) is 0 Å². The van der Waals surface area contributed by atoms with Gasteiger partial charge in [0.25, 0.3) is 0 Å². The van der Waals surface area contributed by atoms with Crippen LogP contribution in [-0.4, -0.2) is 42.9 Å². The highest BCUT2D eigenvalue weighted by atomic mass is 35.5. The summed E-state index contributed by atoms with van der Waals surface area (Å²) in [6, 6.07) is 7.07. The molecule has 2 atom stereocenters. The summed E-state index contributed by atoms with van der Waals surface area (Å²) >= 11 is 5.76. The van der Waals surface area contributed by atoms with Gasteiger partial charge in [-0.1, -0.05) is 11.6 Å². The van der Waals surface area contributed by atoms with Gasteiger partial charge in [-0.05, 0) is 24.3 Å². The zero-order chi connectivity index (χ0) is 13.7. The van der Waals surface area contributed by atoms with Crippen molar-refractivity contribution in [3.8, 4) is 5.75 Å². The number of aliphatic hydroxyl groups is 1. The van der Waals surface area contributed by atoms with Gasteiger partial charge in [0.2, 0.25) is 5.91 Å². The molecule has 0 aliphatic carbocycles. The van der Waals surface area contributed by atoms with E-state index in [1.165, 1.54) is 0 Å². The molecule has 1 saturated heterocycles. The van der Waals surface area contributed by atoms with Crippen LogP contribution < -0.4 is 15.4 Å². The Labute approximate surface area is 116 Å². The molecule has 6 heteroatoms. The van der Waals surface area contributed by atoms with Crippen LogP contribution in [0.3, 0.4) is 0 Å². The number of benzene rings is 1. The van der Waals surface area contributed by atoms with E-state index in [-0.39, 0.29) is 18.6 Å². The number of ether oxygens (including phenoxy) is 1. The quantitative estimate of drug-likeness (QED) is 0.714. The van der Waals surface area contributed by atoms with Gasteiger partial charge in [-0.25, -0.2) is 0 Å². The molecule has 0 aromatic heterocycles. The molecule has 1 aromatic rings. The van der Waals surface area contributed by atoms with Crippen molar-refractivity contribution in [2.45, 2.75) is 18.6 Å². The van der Waals surface area contributed by atoms with Crippen molar-refractivity contribution in [1.29, 1.82) is 0 Å².